The van der Waals surface area contributed by atoms with Crippen LogP contribution in [0.5, 0.6) is 0 Å². The number of hydrogen-bond donors (Lipinski definition) is 1. The highest BCUT2D eigenvalue weighted by molar-refractivity contribution is 7.15. The van der Waals surface area contributed by atoms with Gasteiger partial charge in [0.1, 0.15) is 6.61 Å². The highest BCUT2D eigenvalue weighted by atomic mass is 35.5. The summed E-state index contributed by atoms with van der Waals surface area (Å²) in [7, 11) is 0. The highest BCUT2D eigenvalue weighted by Crippen LogP contribution is 2.28. The molecular formula is C15H15ClN4O2S. The Balaban J connectivity index is 1.90. The Morgan fingerprint density at radius 2 is 2.26 bits per heavy atom. The zero-order chi connectivity index (χ0) is 16.4. The molecule has 1 N–H and O–H groups in total. The summed E-state index contributed by atoms with van der Waals surface area (Å²) in [6, 6.07) is 6.25. The van der Waals surface area contributed by atoms with E-state index in [0.29, 0.717) is 4.96 Å². The second-order valence-electron chi connectivity index (χ2n) is 5.02. The summed E-state index contributed by atoms with van der Waals surface area (Å²) in [5.41, 5.74) is 4.40. The number of aromatic nitrogens is 3. The number of alkyl halides is 1. The molecule has 1 aromatic carbocycles. The fourth-order valence-corrected chi connectivity index (χ4v) is 3.18. The van der Waals surface area contributed by atoms with E-state index in [2.05, 4.69) is 47.4 Å². The number of fused-ring (bicyclic) bond motifs is 1. The molecule has 1 amide bonds. The van der Waals surface area contributed by atoms with Gasteiger partial charge in [-0.3, -0.25) is 5.32 Å². The molecule has 0 spiro atoms. The Morgan fingerprint density at radius 1 is 1.43 bits per heavy atom. The predicted molar refractivity (Wildman–Crippen MR) is 91.5 cm³/mol. The van der Waals surface area contributed by atoms with Gasteiger partial charge in [-0.05, 0) is 19.4 Å². The summed E-state index contributed by atoms with van der Waals surface area (Å²) >= 11 is 6.93. The van der Waals surface area contributed by atoms with Crippen LogP contribution in [-0.4, -0.2) is 33.2 Å². The number of hydrogen-bond acceptors (Lipinski definition) is 5. The normalized spacial score (nSPS) is 10.9. The number of amides is 1. The second kappa shape index (κ2) is 6.55. The zero-order valence-corrected chi connectivity index (χ0v) is 14.2. The smallest absolute Gasteiger partial charge is 0.414 e. The average molecular weight is 351 g/mol. The van der Waals surface area contributed by atoms with E-state index >= 15 is 0 Å². The minimum Gasteiger partial charge on any atom is -0.448 e. The summed E-state index contributed by atoms with van der Waals surface area (Å²) in [4.78, 5) is 16.5. The van der Waals surface area contributed by atoms with Gasteiger partial charge in [-0.15, -0.1) is 28.0 Å². The fourth-order valence-electron chi connectivity index (χ4n) is 2.28. The van der Waals surface area contributed by atoms with Crippen molar-refractivity contribution in [1.29, 1.82) is 0 Å². The lowest BCUT2D eigenvalue weighted by molar-refractivity contribution is 0.168. The Bertz CT molecular complexity index is 858. The van der Waals surface area contributed by atoms with Crippen LogP contribution in [0, 0.1) is 13.8 Å². The average Bonchev–Trinajstić information content (AvgIpc) is 3.05. The van der Waals surface area contributed by atoms with Gasteiger partial charge in [0.05, 0.1) is 11.6 Å². The van der Waals surface area contributed by atoms with Crippen molar-refractivity contribution in [2.75, 3.05) is 17.8 Å². The maximum atomic E-state index is 11.5. The summed E-state index contributed by atoms with van der Waals surface area (Å²) in [6.07, 6.45) is -0.614. The van der Waals surface area contributed by atoms with Crippen LogP contribution in [-0.2, 0) is 4.74 Å². The van der Waals surface area contributed by atoms with Gasteiger partial charge >= 0.3 is 6.09 Å². The molecule has 0 unspecified atom stereocenters. The van der Waals surface area contributed by atoms with E-state index in [4.69, 9.17) is 16.3 Å². The van der Waals surface area contributed by atoms with Crippen LogP contribution in [0.2, 0.25) is 0 Å². The first-order chi connectivity index (χ1) is 11.1. The van der Waals surface area contributed by atoms with Gasteiger partial charge in [0, 0.05) is 10.9 Å². The molecule has 0 aliphatic heterocycles. The first kappa shape index (κ1) is 15.8. The first-order valence-corrected chi connectivity index (χ1v) is 8.41. The van der Waals surface area contributed by atoms with Gasteiger partial charge in [-0.1, -0.05) is 23.8 Å². The molecule has 8 heteroatoms. The topological polar surface area (TPSA) is 68.5 Å². The monoisotopic (exact) mass is 350 g/mol. The van der Waals surface area contributed by atoms with Crippen LogP contribution in [0.15, 0.2) is 23.6 Å². The van der Waals surface area contributed by atoms with Crippen molar-refractivity contribution >= 4 is 39.9 Å². The lowest BCUT2D eigenvalue weighted by Crippen LogP contribution is -2.15. The van der Waals surface area contributed by atoms with E-state index in [9.17, 15) is 4.79 Å². The van der Waals surface area contributed by atoms with Crippen LogP contribution in [0.25, 0.3) is 16.2 Å². The van der Waals surface area contributed by atoms with Crippen molar-refractivity contribution in [2.24, 2.45) is 0 Å². The number of nitrogens with zero attached hydrogens (tertiary/aromatic N) is 3. The maximum Gasteiger partial charge on any atom is 0.414 e. The minimum absolute atomic E-state index is 0.142. The number of carbonyl (C=O) groups is 1. The summed E-state index contributed by atoms with van der Waals surface area (Å²) in [5, 5.41) is 8.83. The van der Waals surface area contributed by atoms with E-state index in [1.165, 1.54) is 16.9 Å². The van der Waals surface area contributed by atoms with Gasteiger partial charge in [0.2, 0.25) is 4.96 Å². The Labute approximate surface area is 142 Å². The number of halogens is 1. The van der Waals surface area contributed by atoms with E-state index in [0.717, 1.165) is 16.8 Å². The van der Waals surface area contributed by atoms with Crippen molar-refractivity contribution in [1.82, 2.24) is 14.6 Å². The molecule has 0 aliphatic carbocycles. The van der Waals surface area contributed by atoms with Gasteiger partial charge in [0.15, 0.2) is 0 Å². The van der Waals surface area contributed by atoms with E-state index in [1.807, 2.05) is 5.38 Å². The van der Waals surface area contributed by atoms with Crippen molar-refractivity contribution in [2.45, 2.75) is 13.8 Å². The number of anilines is 1. The molecule has 3 rings (SSSR count). The number of benzene rings is 1. The molecule has 23 heavy (non-hydrogen) atoms. The van der Waals surface area contributed by atoms with Crippen LogP contribution in [0.4, 0.5) is 10.7 Å². The molecule has 0 atom stereocenters. The van der Waals surface area contributed by atoms with E-state index in [-0.39, 0.29) is 18.4 Å². The van der Waals surface area contributed by atoms with Gasteiger partial charge in [-0.25, -0.2) is 9.31 Å². The molecule has 120 valence electrons. The fraction of sp³-hybridized carbons (Fsp3) is 0.267. The summed E-state index contributed by atoms with van der Waals surface area (Å²) in [5.74, 6) is 0.457. The predicted octanol–water partition coefficient (Wildman–Crippen LogP) is 3.86. The summed E-state index contributed by atoms with van der Waals surface area (Å²) in [6.45, 7) is 4.26. The molecule has 0 bridgehead atoms. The molecule has 2 heterocycles. The van der Waals surface area contributed by atoms with Gasteiger partial charge < -0.3 is 4.74 Å². The standard InChI is InChI=1S/C15H15ClN4O2S/c1-9-3-4-11(10(2)7-9)12-8-23-14-17-13(19-20(12)14)18-15(21)22-6-5-16/h3-4,7-8H,5-6H2,1-2H3,(H,18,19,21). The van der Waals surface area contributed by atoms with Crippen molar-refractivity contribution in [3.8, 4) is 11.3 Å². The number of rotatable bonds is 4. The van der Waals surface area contributed by atoms with Gasteiger partial charge in [0.25, 0.3) is 5.95 Å². The molecule has 2 aromatic heterocycles. The summed E-state index contributed by atoms with van der Waals surface area (Å²) < 4.78 is 6.57. The Hall–Kier alpha value is -2.12. The van der Waals surface area contributed by atoms with Crippen molar-refractivity contribution in [3.05, 3.63) is 34.7 Å². The van der Waals surface area contributed by atoms with Crippen LogP contribution >= 0.6 is 22.9 Å². The first-order valence-electron chi connectivity index (χ1n) is 7.00. The minimum atomic E-state index is -0.614. The largest absolute Gasteiger partial charge is 0.448 e. The molecule has 3 aromatic rings. The van der Waals surface area contributed by atoms with Crippen molar-refractivity contribution in [3.63, 3.8) is 0 Å². The quantitative estimate of drug-likeness (QED) is 0.725. The SMILES string of the molecule is Cc1ccc(-c2csc3nc(NC(=O)OCCCl)nn23)c(C)c1. The maximum absolute atomic E-state index is 11.5. The molecule has 6 nitrogen and oxygen atoms in total. The van der Waals surface area contributed by atoms with E-state index < -0.39 is 6.09 Å². The van der Waals surface area contributed by atoms with Crippen molar-refractivity contribution < 1.29 is 9.53 Å². The number of aryl methyl sites for hydroxylation is 2. The molecule has 0 radical (unpaired) electrons. The van der Waals surface area contributed by atoms with Gasteiger partial charge in [-0.2, -0.15) is 4.98 Å². The Kier molecular flexibility index (Phi) is 4.49. The number of ether oxygens (including phenoxy) is 1. The lowest BCUT2D eigenvalue weighted by Gasteiger charge is -2.05. The second-order valence-corrected chi connectivity index (χ2v) is 6.23. The number of nitrogens with one attached hydrogen (secondary N) is 1. The molecule has 0 saturated heterocycles. The molecule has 0 fully saturated rings. The van der Waals surface area contributed by atoms with Crippen LogP contribution in [0.3, 0.4) is 0 Å². The van der Waals surface area contributed by atoms with Crippen LogP contribution < -0.4 is 5.32 Å². The molecule has 0 saturated carbocycles. The number of thiazole rings is 1. The highest BCUT2D eigenvalue weighted by Gasteiger charge is 2.14. The molecular weight excluding hydrogens is 336 g/mol. The third-order valence-electron chi connectivity index (χ3n) is 3.26. The lowest BCUT2D eigenvalue weighted by atomic mass is 10.0. The number of carbonyl (C=O) groups excluding carboxylic acids is 1. The zero-order valence-electron chi connectivity index (χ0n) is 12.7. The Morgan fingerprint density at radius 3 is 3.00 bits per heavy atom. The molecule has 0 aliphatic rings. The third kappa shape index (κ3) is 3.30. The van der Waals surface area contributed by atoms with E-state index in [1.54, 1.807) is 4.52 Å². The van der Waals surface area contributed by atoms with Crippen LogP contribution in [0.1, 0.15) is 11.1 Å². The third-order valence-corrected chi connectivity index (χ3v) is 4.23.